The zero-order chi connectivity index (χ0) is 13.8. The summed E-state index contributed by atoms with van der Waals surface area (Å²) in [6.45, 7) is 0.302. The maximum absolute atomic E-state index is 6.03. The number of nitrogens with one attached hydrogen (secondary N) is 1. The summed E-state index contributed by atoms with van der Waals surface area (Å²) in [7, 11) is 1.58. The van der Waals surface area contributed by atoms with Crippen molar-refractivity contribution in [3.63, 3.8) is 0 Å². The molecule has 0 atom stereocenters. The highest BCUT2D eigenvalue weighted by Crippen LogP contribution is 2.27. The zero-order valence-electron chi connectivity index (χ0n) is 9.95. The highest BCUT2D eigenvalue weighted by molar-refractivity contribution is 9.10. The Morgan fingerprint density at radius 2 is 2.05 bits per heavy atom. The lowest BCUT2D eigenvalue weighted by molar-refractivity contribution is 0.178. The first-order chi connectivity index (χ1) is 9.08. The van der Waals surface area contributed by atoms with E-state index in [1.165, 1.54) is 0 Å². The first-order valence-electron chi connectivity index (χ1n) is 5.33. The molecule has 0 spiro atoms. The normalized spacial score (nSPS) is 10.5. The molecule has 0 aliphatic heterocycles. The molecule has 1 aromatic heterocycles. The molecule has 0 unspecified atom stereocenters. The fourth-order valence-electron chi connectivity index (χ4n) is 1.44. The lowest BCUT2D eigenvalue weighted by Crippen LogP contribution is -2.01. The van der Waals surface area contributed by atoms with Gasteiger partial charge in [0.15, 0.2) is 5.82 Å². The molecule has 0 fully saturated rings. The molecule has 2 rings (SSSR count). The smallest absolute Gasteiger partial charge is 0.158 e. The second-order valence-corrected chi connectivity index (χ2v) is 5.33. The average molecular weight is 363 g/mol. The number of nitrogens with zero attached hydrogens (tertiary/aromatic N) is 2. The third-order valence-electron chi connectivity index (χ3n) is 2.21. The Hall–Kier alpha value is -0.880. The SMILES string of the molecule is COCc1nc(Cl)cc(Nc2ccc(Br)c(Cl)c2)n1. The van der Waals surface area contributed by atoms with Gasteiger partial charge in [0, 0.05) is 23.3 Å². The Labute approximate surface area is 129 Å². The monoisotopic (exact) mass is 361 g/mol. The van der Waals surface area contributed by atoms with Crippen molar-refractivity contribution in [1.82, 2.24) is 9.97 Å². The van der Waals surface area contributed by atoms with Crippen LogP contribution >= 0.6 is 39.1 Å². The molecule has 0 aliphatic rings. The van der Waals surface area contributed by atoms with Crippen LogP contribution < -0.4 is 5.32 Å². The minimum atomic E-state index is 0.302. The van der Waals surface area contributed by atoms with Gasteiger partial charge < -0.3 is 10.1 Å². The first-order valence-corrected chi connectivity index (χ1v) is 6.88. The number of anilines is 2. The summed E-state index contributed by atoms with van der Waals surface area (Å²) in [4.78, 5) is 8.34. The number of aromatic nitrogens is 2. The highest BCUT2D eigenvalue weighted by Gasteiger charge is 2.05. The average Bonchev–Trinajstić information content (AvgIpc) is 2.33. The van der Waals surface area contributed by atoms with Gasteiger partial charge in [-0.1, -0.05) is 23.2 Å². The van der Waals surface area contributed by atoms with Crippen LogP contribution in [-0.4, -0.2) is 17.1 Å². The predicted molar refractivity (Wildman–Crippen MR) is 80.2 cm³/mol. The number of ether oxygens (including phenoxy) is 1. The standard InChI is InChI=1S/C12H10BrCl2N3O/c1-19-6-12-17-10(15)5-11(18-12)16-7-2-3-8(13)9(14)4-7/h2-5H,6H2,1H3,(H,16,17,18). The molecule has 0 aliphatic carbocycles. The van der Waals surface area contributed by atoms with E-state index in [2.05, 4.69) is 31.2 Å². The first kappa shape index (κ1) is 14.5. The van der Waals surface area contributed by atoms with E-state index in [0.29, 0.717) is 28.4 Å². The molecule has 7 heteroatoms. The second kappa shape index (κ2) is 6.52. The van der Waals surface area contributed by atoms with E-state index in [9.17, 15) is 0 Å². The Kier molecular flexibility index (Phi) is 4.99. The number of hydrogen-bond donors (Lipinski definition) is 1. The van der Waals surface area contributed by atoms with Crippen molar-refractivity contribution in [2.75, 3.05) is 12.4 Å². The van der Waals surface area contributed by atoms with Crippen molar-refractivity contribution < 1.29 is 4.74 Å². The van der Waals surface area contributed by atoms with Crippen molar-refractivity contribution in [3.8, 4) is 0 Å². The Morgan fingerprint density at radius 1 is 1.26 bits per heavy atom. The maximum atomic E-state index is 6.03. The van der Waals surface area contributed by atoms with Crippen molar-refractivity contribution in [2.45, 2.75) is 6.61 Å². The van der Waals surface area contributed by atoms with Crippen molar-refractivity contribution in [2.24, 2.45) is 0 Å². The summed E-state index contributed by atoms with van der Waals surface area (Å²) in [5.74, 6) is 1.10. The Balaban J connectivity index is 2.24. The van der Waals surface area contributed by atoms with Gasteiger partial charge in [0.25, 0.3) is 0 Å². The van der Waals surface area contributed by atoms with Crippen LogP contribution in [0, 0.1) is 0 Å². The minimum Gasteiger partial charge on any atom is -0.377 e. The Bertz CT molecular complexity index is 595. The summed E-state index contributed by atoms with van der Waals surface area (Å²) in [6.07, 6.45) is 0. The van der Waals surface area contributed by atoms with Gasteiger partial charge in [-0.2, -0.15) is 0 Å². The zero-order valence-corrected chi connectivity index (χ0v) is 13.1. The van der Waals surface area contributed by atoms with Crippen LogP contribution in [0.3, 0.4) is 0 Å². The van der Waals surface area contributed by atoms with E-state index in [0.717, 1.165) is 10.2 Å². The van der Waals surface area contributed by atoms with E-state index in [4.69, 9.17) is 27.9 Å². The summed E-state index contributed by atoms with van der Waals surface area (Å²) in [6, 6.07) is 7.15. The fourth-order valence-corrected chi connectivity index (χ4v) is 2.07. The van der Waals surface area contributed by atoms with Crippen LogP contribution in [0.15, 0.2) is 28.7 Å². The second-order valence-electron chi connectivity index (χ2n) is 3.68. The van der Waals surface area contributed by atoms with E-state index < -0.39 is 0 Å². The van der Waals surface area contributed by atoms with Gasteiger partial charge >= 0.3 is 0 Å². The van der Waals surface area contributed by atoms with E-state index >= 15 is 0 Å². The fraction of sp³-hybridized carbons (Fsp3) is 0.167. The van der Waals surface area contributed by atoms with E-state index in [1.807, 2.05) is 12.1 Å². The molecular formula is C12H10BrCl2N3O. The molecule has 2 aromatic rings. The molecule has 1 heterocycles. The van der Waals surface area contributed by atoms with Gasteiger partial charge in [-0.15, -0.1) is 0 Å². The molecule has 1 N–H and O–H groups in total. The van der Waals surface area contributed by atoms with E-state index in [-0.39, 0.29) is 0 Å². The largest absolute Gasteiger partial charge is 0.377 e. The van der Waals surface area contributed by atoms with Gasteiger partial charge in [-0.05, 0) is 34.1 Å². The van der Waals surface area contributed by atoms with Crippen LogP contribution in [0.1, 0.15) is 5.82 Å². The number of hydrogen-bond acceptors (Lipinski definition) is 4. The van der Waals surface area contributed by atoms with Crippen molar-refractivity contribution >= 4 is 50.6 Å². The summed E-state index contributed by atoms with van der Waals surface area (Å²) < 4.78 is 5.82. The lowest BCUT2D eigenvalue weighted by Gasteiger charge is -2.08. The molecule has 0 radical (unpaired) electrons. The van der Waals surface area contributed by atoms with Gasteiger partial charge in [0.05, 0.1) is 5.02 Å². The molecule has 0 amide bonds. The van der Waals surface area contributed by atoms with Gasteiger partial charge in [0.1, 0.15) is 17.6 Å². The predicted octanol–water partition coefficient (Wildman–Crippen LogP) is 4.44. The molecule has 100 valence electrons. The summed E-state index contributed by atoms with van der Waals surface area (Å²) in [5.41, 5.74) is 0.811. The molecule has 4 nitrogen and oxygen atoms in total. The lowest BCUT2D eigenvalue weighted by atomic mass is 10.3. The highest BCUT2D eigenvalue weighted by atomic mass is 79.9. The maximum Gasteiger partial charge on any atom is 0.158 e. The van der Waals surface area contributed by atoms with Crippen LogP contribution in [0.4, 0.5) is 11.5 Å². The van der Waals surface area contributed by atoms with Gasteiger partial charge in [-0.3, -0.25) is 0 Å². The number of methoxy groups -OCH3 is 1. The van der Waals surface area contributed by atoms with Gasteiger partial charge in [0.2, 0.25) is 0 Å². The third kappa shape index (κ3) is 4.04. The third-order valence-corrected chi connectivity index (χ3v) is 3.63. The summed E-state index contributed by atoms with van der Waals surface area (Å²) in [5, 5.41) is 4.08. The minimum absolute atomic E-state index is 0.302. The van der Waals surface area contributed by atoms with Crippen LogP contribution in [0.2, 0.25) is 10.2 Å². The number of halogens is 3. The molecule has 0 saturated carbocycles. The van der Waals surface area contributed by atoms with Crippen LogP contribution in [-0.2, 0) is 11.3 Å². The molecule has 0 saturated heterocycles. The molecular weight excluding hydrogens is 353 g/mol. The topological polar surface area (TPSA) is 47.0 Å². The van der Waals surface area contributed by atoms with E-state index in [1.54, 1.807) is 19.2 Å². The molecule has 0 bridgehead atoms. The Morgan fingerprint density at radius 3 is 2.74 bits per heavy atom. The molecule has 1 aromatic carbocycles. The molecule has 19 heavy (non-hydrogen) atoms. The van der Waals surface area contributed by atoms with Gasteiger partial charge in [-0.25, -0.2) is 9.97 Å². The van der Waals surface area contributed by atoms with Crippen molar-refractivity contribution in [3.05, 3.63) is 44.7 Å². The van der Waals surface area contributed by atoms with Crippen LogP contribution in [0.25, 0.3) is 0 Å². The number of benzene rings is 1. The van der Waals surface area contributed by atoms with Crippen molar-refractivity contribution in [1.29, 1.82) is 0 Å². The number of rotatable bonds is 4. The summed E-state index contributed by atoms with van der Waals surface area (Å²) >= 11 is 15.3. The van der Waals surface area contributed by atoms with Crippen LogP contribution in [0.5, 0.6) is 0 Å². The quantitative estimate of drug-likeness (QED) is 0.817.